The van der Waals surface area contributed by atoms with Gasteiger partial charge >= 0.3 is 6.61 Å². The Morgan fingerprint density at radius 2 is 2.03 bits per heavy atom. The molecule has 3 rings (SSSR count). The van der Waals surface area contributed by atoms with Crippen molar-refractivity contribution in [3.05, 3.63) is 88.3 Å². The lowest BCUT2D eigenvalue weighted by molar-refractivity contribution is -0.0931. The van der Waals surface area contributed by atoms with E-state index in [1.54, 1.807) is 25.2 Å². The van der Waals surface area contributed by atoms with Gasteiger partial charge in [-0.3, -0.25) is 4.57 Å². The summed E-state index contributed by atoms with van der Waals surface area (Å²) in [6.07, 6.45) is 11.3. The monoisotopic (exact) mass is 467 g/mol. The van der Waals surface area contributed by atoms with Crippen LogP contribution in [-0.2, 0) is 10.3 Å². The standard InChI is InChI=1S/C26H31F2N5O/c1-8-22-21(30-26(6,7)24-32-31-19(5)33(22)24)13-23(34-25(27)28)18(4)16(2)11-9-10-12-20-15-29-14-17(20)3/h9,11-15,25,29-30H,4,8H2,1-3,5-7H3/b16-11+,23-13+. The molecule has 0 bridgehead atoms. The van der Waals surface area contributed by atoms with Crippen molar-refractivity contribution in [3.63, 3.8) is 0 Å². The van der Waals surface area contributed by atoms with Crippen molar-refractivity contribution in [2.24, 2.45) is 0 Å². The van der Waals surface area contributed by atoms with Gasteiger partial charge in [-0.1, -0.05) is 19.6 Å². The van der Waals surface area contributed by atoms with Crippen LogP contribution in [0.25, 0.3) is 11.8 Å². The molecule has 6 nitrogen and oxygen atoms in total. The van der Waals surface area contributed by atoms with Gasteiger partial charge in [0, 0.05) is 35.3 Å². The average molecular weight is 468 g/mol. The highest BCUT2D eigenvalue weighted by Gasteiger charge is 2.34. The fourth-order valence-corrected chi connectivity index (χ4v) is 3.78. The lowest BCUT2D eigenvalue weighted by Crippen LogP contribution is -2.42. The highest BCUT2D eigenvalue weighted by molar-refractivity contribution is 5.60. The first-order valence-corrected chi connectivity index (χ1v) is 11.1. The summed E-state index contributed by atoms with van der Waals surface area (Å²) in [6, 6.07) is 0. The lowest BCUT2D eigenvalue weighted by atomic mass is 9.98. The predicted octanol–water partition coefficient (Wildman–Crippen LogP) is 6.13. The molecule has 0 saturated carbocycles. The Balaban J connectivity index is 1.99. The summed E-state index contributed by atoms with van der Waals surface area (Å²) < 4.78 is 33.5. The molecule has 0 atom stereocenters. The van der Waals surface area contributed by atoms with Crippen LogP contribution in [0.1, 0.15) is 56.9 Å². The zero-order valence-electron chi connectivity index (χ0n) is 20.5. The molecular formula is C26H31F2N5O. The molecule has 3 heterocycles. The molecule has 2 N–H and O–H groups in total. The van der Waals surface area contributed by atoms with E-state index >= 15 is 0 Å². The number of H-pyrrole nitrogens is 1. The van der Waals surface area contributed by atoms with Crippen molar-refractivity contribution in [2.75, 3.05) is 0 Å². The van der Waals surface area contributed by atoms with Crippen LogP contribution in [0.3, 0.4) is 0 Å². The van der Waals surface area contributed by atoms with E-state index in [0.29, 0.717) is 23.3 Å². The molecule has 0 amide bonds. The Morgan fingerprint density at radius 3 is 2.65 bits per heavy atom. The number of aromatic nitrogens is 4. The quantitative estimate of drug-likeness (QED) is 0.278. The fraction of sp³-hybridized carbons (Fsp3) is 0.346. The van der Waals surface area contributed by atoms with Crippen molar-refractivity contribution in [3.8, 4) is 0 Å². The van der Waals surface area contributed by atoms with E-state index in [9.17, 15) is 8.78 Å². The number of allylic oxidation sites excluding steroid dienone is 5. The number of aryl methyl sites for hydroxylation is 2. The molecule has 8 heteroatoms. The molecule has 0 radical (unpaired) electrons. The van der Waals surface area contributed by atoms with Crippen molar-refractivity contribution in [1.82, 2.24) is 25.1 Å². The van der Waals surface area contributed by atoms with E-state index in [-0.39, 0.29) is 5.76 Å². The molecule has 1 aliphatic rings. The summed E-state index contributed by atoms with van der Waals surface area (Å²) in [5.41, 5.74) is 7.21. The molecule has 0 unspecified atom stereocenters. The molecule has 0 spiro atoms. The SMILES string of the molecule is C=C(/C(C)=C/C=C=Cc1c[nH]cc1C)/C(=C\C1=C(CC)n2c(C)nnc2C(C)(C)N1)OC(F)F. The summed E-state index contributed by atoms with van der Waals surface area (Å²) in [5.74, 6) is 1.48. The summed E-state index contributed by atoms with van der Waals surface area (Å²) in [4.78, 5) is 3.03. The first-order valence-electron chi connectivity index (χ1n) is 11.1. The molecule has 34 heavy (non-hydrogen) atoms. The van der Waals surface area contributed by atoms with Crippen LogP contribution < -0.4 is 5.32 Å². The number of rotatable bonds is 8. The summed E-state index contributed by atoms with van der Waals surface area (Å²) >= 11 is 0. The molecule has 1 aliphatic heterocycles. The highest BCUT2D eigenvalue weighted by atomic mass is 19.3. The molecule has 0 aliphatic carbocycles. The number of aromatic amines is 1. The number of hydrogen-bond acceptors (Lipinski definition) is 4. The maximum Gasteiger partial charge on any atom is 0.387 e. The third-order valence-corrected chi connectivity index (χ3v) is 5.67. The van der Waals surface area contributed by atoms with E-state index in [1.807, 2.05) is 57.7 Å². The summed E-state index contributed by atoms with van der Waals surface area (Å²) in [6.45, 7) is 12.6. The van der Waals surface area contributed by atoms with Gasteiger partial charge < -0.3 is 15.0 Å². The third-order valence-electron chi connectivity index (χ3n) is 5.67. The average Bonchev–Trinajstić information content (AvgIpc) is 3.36. The minimum atomic E-state index is -2.99. The van der Waals surface area contributed by atoms with Crippen molar-refractivity contribution in [1.29, 1.82) is 0 Å². The zero-order chi connectivity index (χ0) is 25.0. The van der Waals surface area contributed by atoms with Crippen LogP contribution in [0.2, 0.25) is 0 Å². The van der Waals surface area contributed by atoms with Crippen molar-refractivity contribution >= 4 is 11.8 Å². The third kappa shape index (κ3) is 5.29. The predicted molar refractivity (Wildman–Crippen MR) is 131 cm³/mol. The molecule has 2 aromatic rings. The van der Waals surface area contributed by atoms with Gasteiger partial charge in [-0.05, 0) is 64.3 Å². The Labute approximate surface area is 199 Å². The van der Waals surface area contributed by atoms with E-state index in [0.717, 1.165) is 28.5 Å². The lowest BCUT2D eigenvalue weighted by Gasteiger charge is -2.35. The zero-order valence-corrected chi connectivity index (χ0v) is 20.5. The normalized spacial score (nSPS) is 15.6. The van der Waals surface area contributed by atoms with Crippen LogP contribution >= 0.6 is 0 Å². The van der Waals surface area contributed by atoms with Gasteiger partial charge in [0.05, 0.1) is 11.2 Å². The molecule has 0 fully saturated rings. The minimum Gasteiger partial charge on any atom is -0.434 e. The fourth-order valence-electron chi connectivity index (χ4n) is 3.78. The van der Waals surface area contributed by atoms with Crippen molar-refractivity contribution in [2.45, 2.75) is 60.1 Å². The number of nitrogens with zero attached hydrogens (tertiary/aromatic N) is 3. The Hall–Kier alpha value is -3.64. The van der Waals surface area contributed by atoms with Gasteiger partial charge in [0.25, 0.3) is 0 Å². The van der Waals surface area contributed by atoms with Crippen LogP contribution in [-0.4, -0.2) is 26.4 Å². The number of hydrogen-bond donors (Lipinski definition) is 2. The second kappa shape index (κ2) is 10.1. The van der Waals surface area contributed by atoms with Crippen LogP contribution in [0, 0.1) is 13.8 Å². The first kappa shape index (κ1) is 25.0. The van der Waals surface area contributed by atoms with Crippen LogP contribution in [0.5, 0.6) is 0 Å². The number of ether oxygens (including phenoxy) is 1. The van der Waals surface area contributed by atoms with Gasteiger partial charge in [0.2, 0.25) is 0 Å². The van der Waals surface area contributed by atoms with Gasteiger partial charge in [0.15, 0.2) is 5.82 Å². The van der Waals surface area contributed by atoms with Crippen molar-refractivity contribution < 1.29 is 13.5 Å². The van der Waals surface area contributed by atoms with Crippen LogP contribution in [0.4, 0.5) is 8.78 Å². The molecule has 0 saturated heterocycles. The Bertz CT molecular complexity index is 1230. The van der Waals surface area contributed by atoms with Gasteiger partial charge in [-0.2, -0.15) is 8.78 Å². The molecule has 0 aromatic carbocycles. The maximum absolute atomic E-state index is 13.3. The van der Waals surface area contributed by atoms with E-state index < -0.39 is 12.2 Å². The first-order chi connectivity index (χ1) is 16.0. The van der Waals surface area contributed by atoms with Gasteiger partial charge in [-0.25, -0.2) is 0 Å². The molecule has 180 valence electrons. The number of nitrogens with one attached hydrogen (secondary N) is 2. The number of fused-ring (bicyclic) bond motifs is 1. The second-order valence-corrected chi connectivity index (χ2v) is 8.66. The van der Waals surface area contributed by atoms with E-state index in [2.05, 4.69) is 32.8 Å². The topological polar surface area (TPSA) is 67.8 Å². The molecular weight excluding hydrogens is 436 g/mol. The van der Waals surface area contributed by atoms with Gasteiger partial charge in [0.1, 0.15) is 11.6 Å². The summed E-state index contributed by atoms with van der Waals surface area (Å²) in [5, 5.41) is 11.9. The largest absolute Gasteiger partial charge is 0.434 e. The Kier molecular flexibility index (Phi) is 7.42. The van der Waals surface area contributed by atoms with Crippen LogP contribution in [0.15, 0.2) is 65.5 Å². The molecule has 2 aromatic heterocycles. The smallest absolute Gasteiger partial charge is 0.387 e. The maximum atomic E-state index is 13.3. The Morgan fingerprint density at radius 1 is 1.29 bits per heavy atom. The van der Waals surface area contributed by atoms with Gasteiger partial charge in [-0.15, -0.1) is 15.9 Å². The number of halogens is 2. The summed E-state index contributed by atoms with van der Waals surface area (Å²) in [7, 11) is 0. The second-order valence-electron chi connectivity index (χ2n) is 8.66. The number of alkyl halides is 2. The highest BCUT2D eigenvalue weighted by Crippen LogP contribution is 2.33. The van der Waals surface area contributed by atoms with E-state index in [1.165, 1.54) is 0 Å². The van der Waals surface area contributed by atoms with E-state index in [4.69, 9.17) is 4.74 Å². The minimum absolute atomic E-state index is 0.0129.